The molecule has 1 aliphatic rings. The fourth-order valence-electron chi connectivity index (χ4n) is 2.31. The van der Waals surface area contributed by atoms with Gasteiger partial charge in [0.2, 0.25) is 23.6 Å². The van der Waals surface area contributed by atoms with Gasteiger partial charge in [-0.2, -0.15) is 9.97 Å². The first-order valence-corrected chi connectivity index (χ1v) is 8.82. The Morgan fingerprint density at radius 2 is 1.96 bits per heavy atom. The summed E-state index contributed by atoms with van der Waals surface area (Å²) >= 11 is 0. The van der Waals surface area contributed by atoms with Crippen LogP contribution in [0, 0.1) is 0 Å². The van der Waals surface area contributed by atoms with Crippen LogP contribution in [0.3, 0.4) is 0 Å². The van der Waals surface area contributed by atoms with Gasteiger partial charge in [0.05, 0.1) is 38.3 Å². The minimum atomic E-state index is -2.98. The average Bonchev–Trinajstić information content (AvgIpc) is 2.86. The number of rotatable bonds is 6. The number of hydrogen-bond acceptors (Lipinski definition) is 8. The summed E-state index contributed by atoms with van der Waals surface area (Å²) in [7, 11) is 1.63. The van der Waals surface area contributed by atoms with Gasteiger partial charge in [0.1, 0.15) is 0 Å². The Morgan fingerprint density at radius 1 is 1.35 bits per heavy atom. The van der Waals surface area contributed by atoms with Gasteiger partial charge in [0, 0.05) is 6.04 Å². The largest absolute Gasteiger partial charge is 0.481 e. The highest BCUT2D eigenvalue weighted by Gasteiger charge is 2.31. The van der Waals surface area contributed by atoms with Crippen molar-refractivity contribution < 1.29 is 22.7 Å². The fraction of sp³-hybridized carbons (Fsp3) is 0.615. The monoisotopic (exact) mass is 344 g/mol. The molecule has 0 aliphatic carbocycles. The second-order valence-electron chi connectivity index (χ2n) is 5.30. The zero-order valence-electron chi connectivity index (χ0n) is 13.3. The van der Waals surface area contributed by atoms with Crippen molar-refractivity contribution in [3.05, 3.63) is 6.07 Å². The Balaban J connectivity index is 1.97. The number of amides is 1. The van der Waals surface area contributed by atoms with Crippen LogP contribution in [0.25, 0.3) is 0 Å². The van der Waals surface area contributed by atoms with E-state index < -0.39 is 9.84 Å². The zero-order valence-corrected chi connectivity index (χ0v) is 14.1. The highest BCUT2D eigenvalue weighted by Crippen LogP contribution is 2.18. The van der Waals surface area contributed by atoms with Gasteiger partial charge >= 0.3 is 0 Å². The number of ether oxygens (including phenoxy) is 2. The fourth-order valence-corrected chi connectivity index (χ4v) is 4.12. The summed E-state index contributed by atoms with van der Waals surface area (Å²) in [6, 6.07) is 1.34. The normalized spacial score (nSPS) is 19.6. The molecule has 10 heteroatoms. The van der Waals surface area contributed by atoms with Crippen molar-refractivity contribution >= 4 is 21.7 Å². The molecule has 0 bridgehead atoms. The minimum absolute atomic E-state index is 0.0447. The smallest absolute Gasteiger partial charge is 0.240 e. The van der Waals surface area contributed by atoms with E-state index in [0.717, 1.165) is 0 Å². The molecule has 1 fully saturated rings. The van der Waals surface area contributed by atoms with Crippen LogP contribution >= 0.6 is 0 Å². The standard InChI is InChI=1S/C13H20N4O5S/c1-17(9-4-5-23(19,20)8-9)7-10(18)14-13-15-11(21-2)6-12(16-13)22-3/h6,9H,4-5,7-8H2,1-3H3,(H,14,15,16,18). The highest BCUT2D eigenvalue weighted by atomic mass is 32.2. The third-order valence-corrected chi connectivity index (χ3v) is 5.32. The Labute approximate surface area is 134 Å². The van der Waals surface area contributed by atoms with Crippen molar-refractivity contribution in [1.29, 1.82) is 0 Å². The lowest BCUT2D eigenvalue weighted by Gasteiger charge is -2.22. The topological polar surface area (TPSA) is 111 Å². The van der Waals surface area contributed by atoms with E-state index in [1.165, 1.54) is 20.3 Å². The van der Waals surface area contributed by atoms with Crippen LogP contribution < -0.4 is 14.8 Å². The summed E-state index contributed by atoms with van der Waals surface area (Å²) in [6.07, 6.45) is 0.537. The second kappa shape index (κ2) is 7.09. The van der Waals surface area contributed by atoms with Crippen LogP contribution in [-0.4, -0.2) is 74.6 Å². The number of nitrogens with one attached hydrogen (secondary N) is 1. The van der Waals surface area contributed by atoms with E-state index >= 15 is 0 Å². The van der Waals surface area contributed by atoms with Crippen LogP contribution in [0.4, 0.5) is 5.95 Å². The minimum Gasteiger partial charge on any atom is -0.481 e. The summed E-state index contributed by atoms with van der Waals surface area (Å²) in [5.41, 5.74) is 0. The number of carbonyl (C=O) groups is 1. The van der Waals surface area contributed by atoms with Gasteiger partial charge < -0.3 is 9.47 Å². The molecule has 0 radical (unpaired) electrons. The Bertz CT molecular complexity index is 657. The maximum absolute atomic E-state index is 12.1. The lowest BCUT2D eigenvalue weighted by atomic mass is 10.2. The summed E-state index contributed by atoms with van der Waals surface area (Å²) in [5.74, 6) is 0.510. The van der Waals surface area contributed by atoms with E-state index in [2.05, 4.69) is 15.3 Å². The van der Waals surface area contributed by atoms with E-state index in [4.69, 9.17) is 9.47 Å². The van der Waals surface area contributed by atoms with Crippen LogP contribution in [0.1, 0.15) is 6.42 Å². The number of nitrogens with zero attached hydrogens (tertiary/aromatic N) is 3. The van der Waals surface area contributed by atoms with Gasteiger partial charge in [-0.1, -0.05) is 0 Å². The van der Waals surface area contributed by atoms with Crippen LogP contribution in [0.2, 0.25) is 0 Å². The molecule has 23 heavy (non-hydrogen) atoms. The van der Waals surface area contributed by atoms with Gasteiger partial charge in [-0.05, 0) is 13.5 Å². The molecular formula is C13H20N4O5S. The van der Waals surface area contributed by atoms with Gasteiger partial charge in [0.15, 0.2) is 9.84 Å². The van der Waals surface area contributed by atoms with E-state index in [1.807, 2.05) is 0 Å². The quantitative estimate of drug-likeness (QED) is 0.739. The third-order valence-electron chi connectivity index (χ3n) is 3.57. The number of methoxy groups -OCH3 is 2. The van der Waals surface area contributed by atoms with Gasteiger partial charge in [-0.3, -0.25) is 15.0 Å². The predicted molar refractivity (Wildman–Crippen MR) is 83.5 cm³/mol. The van der Waals surface area contributed by atoms with Crippen molar-refractivity contribution in [3.8, 4) is 11.8 Å². The van der Waals surface area contributed by atoms with Crippen molar-refractivity contribution in [2.24, 2.45) is 0 Å². The molecule has 2 heterocycles. The lowest BCUT2D eigenvalue weighted by molar-refractivity contribution is -0.117. The summed E-state index contributed by atoms with van der Waals surface area (Å²) < 4.78 is 33.0. The van der Waals surface area contributed by atoms with Crippen LogP contribution in [0.15, 0.2) is 6.07 Å². The molecule has 128 valence electrons. The van der Waals surface area contributed by atoms with Crippen molar-refractivity contribution in [2.45, 2.75) is 12.5 Å². The maximum Gasteiger partial charge on any atom is 0.240 e. The molecule has 0 spiro atoms. The van der Waals surface area contributed by atoms with E-state index in [9.17, 15) is 13.2 Å². The summed E-state index contributed by atoms with van der Waals surface area (Å²) in [5, 5.41) is 2.55. The maximum atomic E-state index is 12.1. The second-order valence-corrected chi connectivity index (χ2v) is 7.53. The molecule has 1 unspecified atom stereocenters. The molecule has 2 rings (SSSR count). The van der Waals surface area contributed by atoms with Gasteiger partial charge in [0.25, 0.3) is 0 Å². The number of aromatic nitrogens is 2. The van der Waals surface area contributed by atoms with Crippen LogP contribution in [-0.2, 0) is 14.6 Å². The molecular weight excluding hydrogens is 324 g/mol. The molecule has 1 aromatic heterocycles. The molecule has 1 aliphatic heterocycles. The number of likely N-dealkylation sites (N-methyl/N-ethyl adjacent to an activating group) is 1. The van der Waals surface area contributed by atoms with E-state index in [1.54, 1.807) is 11.9 Å². The number of anilines is 1. The average molecular weight is 344 g/mol. The number of carbonyl (C=O) groups excluding carboxylic acids is 1. The first kappa shape index (κ1) is 17.4. The van der Waals surface area contributed by atoms with Crippen molar-refractivity contribution in [3.63, 3.8) is 0 Å². The molecule has 0 aromatic carbocycles. The van der Waals surface area contributed by atoms with Crippen LogP contribution in [0.5, 0.6) is 11.8 Å². The number of sulfone groups is 1. The molecule has 1 saturated heterocycles. The first-order chi connectivity index (χ1) is 10.8. The first-order valence-electron chi connectivity index (χ1n) is 7.00. The molecule has 9 nitrogen and oxygen atoms in total. The molecule has 1 N–H and O–H groups in total. The Morgan fingerprint density at radius 3 is 2.43 bits per heavy atom. The summed E-state index contributed by atoms with van der Waals surface area (Å²) in [4.78, 5) is 21.8. The SMILES string of the molecule is COc1cc(OC)nc(NC(=O)CN(C)C2CCS(=O)(=O)C2)n1. The van der Waals surface area contributed by atoms with Crippen molar-refractivity contribution in [1.82, 2.24) is 14.9 Å². The highest BCUT2D eigenvalue weighted by molar-refractivity contribution is 7.91. The van der Waals surface area contributed by atoms with Gasteiger partial charge in [-0.15, -0.1) is 0 Å². The Kier molecular flexibility index (Phi) is 5.37. The van der Waals surface area contributed by atoms with Crippen molar-refractivity contribution in [2.75, 3.05) is 44.6 Å². The molecule has 1 atom stereocenters. The van der Waals surface area contributed by atoms with E-state index in [-0.39, 0.29) is 47.7 Å². The zero-order chi connectivity index (χ0) is 17.0. The van der Waals surface area contributed by atoms with E-state index in [0.29, 0.717) is 6.42 Å². The molecule has 0 saturated carbocycles. The Hall–Kier alpha value is -1.94. The third kappa shape index (κ3) is 4.76. The number of hydrogen-bond donors (Lipinski definition) is 1. The van der Waals surface area contributed by atoms with Gasteiger partial charge in [-0.25, -0.2) is 8.42 Å². The summed E-state index contributed by atoms with van der Waals surface area (Å²) in [6.45, 7) is 0.0447. The molecule has 1 aromatic rings. The lowest BCUT2D eigenvalue weighted by Crippen LogP contribution is -2.38. The molecule has 1 amide bonds. The predicted octanol–water partition coefficient (Wildman–Crippen LogP) is -0.449.